The number of amides is 2. The van der Waals surface area contributed by atoms with E-state index in [4.69, 9.17) is 14.2 Å². The number of likely N-dealkylation sites (tertiary alicyclic amines) is 1. The van der Waals surface area contributed by atoms with Crippen LogP contribution in [0.2, 0.25) is 0 Å². The Balaban J connectivity index is 1.34. The maximum Gasteiger partial charge on any atom is 0.321 e. The topological polar surface area (TPSA) is 89.1 Å². The van der Waals surface area contributed by atoms with Gasteiger partial charge in [-0.2, -0.15) is 0 Å². The highest BCUT2D eigenvalue weighted by molar-refractivity contribution is 5.89. The first-order valence-electron chi connectivity index (χ1n) is 9.22. The number of rotatable bonds is 4. The van der Waals surface area contributed by atoms with Gasteiger partial charge in [-0.05, 0) is 31.0 Å². The summed E-state index contributed by atoms with van der Waals surface area (Å²) in [6.07, 6.45) is 1.61. The van der Waals surface area contributed by atoms with Gasteiger partial charge in [0.05, 0.1) is 6.54 Å². The van der Waals surface area contributed by atoms with E-state index in [1.807, 2.05) is 25.1 Å². The minimum Gasteiger partial charge on any atom is -0.471 e. The van der Waals surface area contributed by atoms with Crippen molar-refractivity contribution in [1.82, 2.24) is 15.1 Å². The minimum atomic E-state index is -0.166. The number of aromatic nitrogens is 2. The number of nitrogens with one attached hydrogen (secondary N) is 1. The second-order valence-corrected chi connectivity index (χ2v) is 6.95. The second-order valence-electron chi connectivity index (χ2n) is 6.95. The number of benzene rings is 1. The molecular weight excluding hydrogens is 362 g/mol. The lowest BCUT2D eigenvalue weighted by Gasteiger charge is -2.32. The number of nitrogens with zero attached hydrogens (tertiary/aromatic N) is 4. The smallest absolute Gasteiger partial charge is 0.321 e. The van der Waals surface area contributed by atoms with E-state index in [9.17, 15) is 4.79 Å². The van der Waals surface area contributed by atoms with Crippen LogP contribution in [0.15, 0.2) is 30.3 Å². The van der Waals surface area contributed by atoms with Crippen LogP contribution in [0.3, 0.4) is 0 Å². The Hall–Kier alpha value is -3.23. The third-order valence-electron chi connectivity index (χ3n) is 4.66. The average molecular weight is 385 g/mol. The highest BCUT2D eigenvalue weighted by Gasteiger charge is 2.26. The molecule has 2 aliphatic heterocycles. The molecule has 1 unspecified atom stereocenters. The highest BCUT2D eigenvalue weighted by atomic mass is 16.7. The zero-order chi connectivity index (χ0) is 19.5. The van der Waals surface area contributed by atoms with E-state index in [-0.39, 0.29) is 18.9 Å². The summed E-state index contributed by atoms with van der Waals surface area (Å²) in [4.78, 5) is 16.3. The van der Waals surface area contributed by atoms with Crippen molar-refractivity contribution in [2.45, 2.75) is 18.9 Å². The molecule has 1 aromatic heterocycles. The van der Waals surface area contributed by atoms with Gasteiger partial charge in [0.15, 0.2) is 17.3 Å². The molecule has 2 aliphatic rings. The van der Waals surface area contributed by atoms with E-state index in [0.717, 1.165) is 18.7 Å². The fraction of sp³-hybridized carbons (Fsp3) is 0.421. The Morgan fingerprint density at radius 2 is 2.07 bits per heavy atom. The molecule has 0 bridgehead atoms. The van der Waals surface area contributed by atoms with E-state index < -0.39 is 0 Å². The third kappa shape index (κ3) is 4.03. The Labute approximate surface area is 163 Å². The first kappa shape index (κ1) is 18.1. The number of anilines is 2. The van der Waals surface area contributed by atoms with Gasteiger partial charge >= 0.3 is 6.03 Å². The molecule has 2 aromatic rings. The fourth-order valence-corrected chi connectivity index (χ4v) is 3.18. The Bertz CT molecular complexity index is 843. The number of piperidine rings is 1. The van der Waals surface area contributed by atoms with Crippen molar-refractivity contribution in [1.29, 1.82) is 0 Å². The second kappa shape index (κ2) is 7.79. The molecule has 0 spiro atoms. The summed E-state index contributed by atoms with van der Waals surface area (Å²) >= 11 is 0. The Kier molecular flexibility index (Phi) is 5.05. The predicted molar refractivity (Wildman–Crippen MR) is 103 cm³/mol. The van der Waals surface area contributed by atoms with Gasteiger partial charge < -0.3 is 29.3 Å². The van der Waals surface area contributed by atoms with Gasteiger partial charge in [-0.3, -0.25) is 0 Å². The Morgan fingerprint density at radius 1 is 1.21 bits per heavy atom. The Morgan fingerprint density at radius 3 is 2.86 bits per heavy atom. The SMILES string of the molecule is CN(C)c1ccc(OC2CCCN(C(=O)Nc3ccc4c(c3)OCO4)C2)nn1. The molecule has 1 saturated heterocycles. The van der Waals surface area contributed by atoms with E-state index in [1.54, 1.807) is 29.2 Å². The maximum atomic E-state index is 12.6. The molecule has 3 heterocycles. The maximum absolute atomic E-state index is 12.6. The van der Waals surface area contributed by atoms with Gasteiger partial charge in [-0.15, -0.1) is 10.2 Å². The van der Waals surface area contributed by atoms with Crippen LogP contribution in [0.5, 0.6) is 17.4 Å². The standard InChI is InChI=1S/C19H23N5O4/c1-23(2)17-7-8-18(22-21-17)28-14-4-3-9-24(11-14)19(25)20-13-5-6-15-16(10-13)27-12-26-15/h5-8,10,14H,3-4,9,11-12H2,1-2H3,(H,20,25). The largest absolute Gasteiger partial charge is 0.471 e. The first-order chi connectivity index (χ1) is 13.6. The zero-order valence-corrected chi connectivity index (χ0v) is 15.9. The predicted octanol–water partition coefficient (Wildman–Crippen LogP) is 2.35. The number of hydrogen-bond donors (Lipinski definition) is 1. The lowest BCUT2D eigenvalue weighted by Crippen LogP contribution is -2.46. The fourth-order valence-electron chi connectivity index (χ4n) is 3.18. The number of fused-ring (bicyclic) bond motifs is 1. The normalized spacial score (nSPS) is 17.9. The summed E-state index contributed by atoms with van der Waals surface area (Å²) in [7, 11) is 3.81. The summed E-state index contributed by atoms with van der Waals surface area (Å²) in [5.74, 6) is 2.55. The lowest BCUT2D eigenvalue weighted by molar-refractivity contribution is 0.102. The van der Waals surface area contributed by atoms with Gasteiger partial charge in [0.1, 0.15) is 6.10 Å². The highest BCUT2D eigenvalue weighted by Crippen LogP contribution is 2.34. The summed E-state index contributed by atoms with van der Waals surface area (Å²) in [6, 6.07) is 8.84. The van der Waals surface area contributed by atoms with E-state index in [2.05, 4.69) is 15.5 Å². The van der Waals surface area contributed by atoms with Crippen molar-refractivity contribution >= 4 is 17.5 Å². The molecule has 2 amide bonds. The van der Waals surface area contributed by atoms with Crippen molar-refractivity contribution < 1.29 is 19.0 Å². The van der Waals surface area contributed by atoms with Crippen molar-refractivity contribution in [2.75, 3.05) is 44.2 Å². The molecule has 148 valence electrons. The van der Waals surface area contributed by atoms with Crippen molar-refractivity contribution in [3.8, 4) is 17.4 Å². The van der Waals surface area contributed by atoms with Gasteiger partial charge in [0.25, 0.3) is 0 Å². The van der Waals surface area contributed by atoms with Crippen LogP contribution >= 0.6 is 0 Å². The quantitative estimate of drug-likeness (QED) is 0.864. The lowest BCUT2D eigenvalue weighted by atomic mass is 10.1. The molecule has 28 heavy (non-hydrogen) atoms. The number of ether oxygens (including phenoxy) is 3. The number of hydrogen-bond acceptors (Lipinski definition) is 7. The number of urea groups is 1. The van der Waals surface area contributed by atoms with Crippen LogP contribution in [0.1, 0.15) is 12.8 Å². The van der Waals surface area contributed by atoms with Crippen LogP contribution in [0, 0.1) is 0 Å². The number of carbonyl (C=O) groups is 1. The molecule has 1 aromatic carbocycles. The first-order valence-corrected chi connectivity index (χ1v) is 9.22. The van der Waals surface area contributed by atoms with Crippen LogP contribution in [-0.4, -0.2) is 61.2 Å². The summed E-state index contributed by atoms with van der Waals surface area (Å²) in [5.41, 5.74) is 0.669. The van der Waals surface area contributed by atoms with Gasteiger partial charge in [0.2, 0.25) is 12.7 Å². The van der Waals surface area contributed by atoms with Crippen molar-refractivity contribution in [3.63, 3.8) is 0 Å². The van der Waals surface area contributed by atoms with Crippen LogP contribution in [0.4, 0.5) is 16.3 Å². The van der Waals surface area contributed by atoms with Crippen LogP contribution in [0.25, 0.3) is 0 Å². The molecule has 9 heteroatoms. The zero-order valence-electron chi connectivity index (χ0n) is 15.9. The molecule has 0 aliphatic carbocycles. The molecule has 1 N–H and O–H groups in total. The van der Waals surface area contributed by atoms with Crippen molar-refractivity contribution in [3.05, 3.63) is 30.3 Å². The number of carbonyl (C=O) groups excluding carboxylic acids is 1. The molecule has 1 fully saturated rings. The summed E-state index contributed by atoms with van der Waals surface area (Å²) in [6.45, 7) is 1.38. The molecule has 4 rings (SSSR count). The molecule has 9 nitrogen and oxygen atoms in total. The molecule has 1 atom stereocenters. The molecular formula is C19H23N5O4. The average Bonchev–Trinajstić information content (AvgIpc) is 3.16. The van der Waals surface area contributed by atoms with Gasteiger partial charge in [-0.1, -0.05) is 0 Å². The third-order valence-corrected chi connectivity index (χ3v) is 4.66. The van der Waals surface area contributed by atoms with Crippen LogP contribution in [-0.2, 0) is 0 Å². The van der Waals surface area contributed by atoms with Gasteiger partial charge in [-0.25, -0.2) is 4.79 Å². The van der Waals surface area contributed by atoms with Crippen LogP contribution < -0.4 is 24.4 Å². The molecule has 0 saturated carbocycles. The van der Waals surface area contributed by atoms with Crippen molar-refractivity contribution in [2.24, 2.45) is 0 Å². The van der Waals surface area contributed by atoms with Gasteiger partial charge in [0, 0.05) is 38.5 Å². The van der Waals surface area contributed by atoms with E-state index >= 15 is 0 Å². The summed E-state index contributed by atoms with van der Waals surface area (Å²) in [5, 5.41) is 11.1. The van der Waals surface area contributed by atoms with E-state index in [1.165, 1.54) is 0 Å². The van der Waals surface area contributed by atoms with E-state index in [0.29, 0.717) is 36.2 Å². The minimum absolute atomic E-state index is 0.115. The molecule has 0 radical (unpaired) electrons. The summed E-state index contributed by atoms with van der Waals surface area (Å²) < 4.78 is 16.6. The monoisotopic (exact) mass is 385 g/mol.